The SMILES string of the molecule is CCNC(=O)NCc1nc2c(N)nc3ccccc3c2n1CC(C)CC. The molecule has 1 unspecified atom stereocenters. The van der Waals surface area contributed by atoms with E-state index < -0.39 is 0 Å². The summed E-state index contributed by atoms with van der Waals surface area (Å²) in [7, 11) is 0. The van der Waals surface area contributed by atoms with Crippen LogP contribution < -0.4 is 16.4 Å². The lowest BCUT2D eigenvalue weighted by molar-refractivity contribution is 0.240. The molecule has 4 N–H and O–H groups in total. The summed E-state index contributed by atoms with van der Waals surface area (Å²) in [6.45, 7) is 7.99. The van der Waals surface area contributed by atoms with Crippen LogP contribution in [0.5, 0.6) is 0 Å². The van der Waals surface area contributed by atoms with Gasteiger partial charge in [0, 0.05) is 18.5 Å². The maximum absolute atomic E-state index is 11.8. The number of aromatic nitrogens is 3. The number of hydrogen-bond acceptors (Lipinski definition) is 4. The van der Waals surface area contributed by atoms with E-state index in [4.69, 9.17) is 10.7 Å². The summed E-state index contributed by atoms with van der Waals surface area (Å²) in [5, 5.41) is 6.63. The number of rotatable bonds is 6. The molecule has 0 saturated heterocycles. The maximum Gasteiger partial charge on any atom is 0.315 e. The normalized spacial score (nSPS) is 12.4. The Labute approximate surface area is 153 Å². The molecule has 7 nitrogen and oxygen atoms in total. The van der Waals surface area contributed by atoms with Crippen LogP contribution in [0.15, 0.2) is 24.3 Å². The van der Waals surface area contributed by atoms with Crippen molar-refractivity contribution in [1.29, 1.82) is 0 Å². The molecular formula is C19H26N6O. The summed E-state index contributed by atoms with van der Waals surface area (Å²) in [6.07, 6.45) is 1.06. The Hall–Kier alpha value is -2.83. The van der Waals surface area contributed by atoms with Crippen LogP contribution in [0.3, 0.4) is 0 Å². The molecule has 26 heavy (non-hydrogen) atoms. The van der Waals surface area contributed by atoms with Gasteiger partial charge in [0.2, 0.25) is 0 Å². The Kier molecular flexibility index (Phi) is 5.25. The van der Waals surface area contributed by atoms with Crippen LogP contribution in [0, 0.1) is 5.92 Å². The first-order valence-electron chi connectivity index (χ1n) is 9.10. The van der Waals surface area contributed by atoms with Crippen molar-refractivity contribution in [2.45, 2.75) is 40.3 Å². The number of carbonyl (C=O) groups excluding carboxylic acids is 1. The van der Waals surface area contributed by atoms with Crippen LogP contribution in [0.25, 0.3) is 21.9 Å². The molecule has 0 fully saturated rings. The lowest BCUT2D eigenvalue weighted by Crippen LogP contribution is -2.35. The molecule has 0 aliphatic carbocycles. The van der Waals surface area contributed by atoms with E-state index in [-0.39, 0.29) is 6.03 Å². The number of anilines is 1. The highest BCUT2D eigenvalue weighted by molar-refractivity contribution is 6.06. The van der Waals surface area contributed by atoms with Gasteiger partial charge in [0.15, 0.2) is 5.82 Å². The van der Waals surface area contributed by atoms with Gasteiger partial charge in [0.25, 0.3) is 0 Å². The Bertz CT molecular complexity index is 933. The Balaban J connectivity index is 2.13. The molecule has 2 aromatic heterocycles. The van der Waals surface area contributed by atoms with Crippen molar-refractivity contribution in [1.82, 2.24) is 25.2 Å². The minimum absolute atomic E-state index is 0.203. The largest absolute Gasteiger partial charge is 0.382 e. The van der Waals surface area contributed by atoms with E-state index in [1.807, 2.05) is 31.2 Å². The van der Waals surface area contributed by atoms with Gasteiger partial charge in [-0.1, -0.05) is 38.5 Å². The van der Waals surface area contributed by atoms with Gasteiger partial charge >= 0.3 is 6.03 Å². The smallest absolute Gasteiger partial charge is 0.315 e. The minimum Gasteiger partial charge on any atom is -0.382 e. The molecule has 7 heteroatoms. The number of pyridine rings is 1. The summed E-state index contributed by atoms with van der Waals surface area (Å²) >= 11 is 0. The molecule has 0 aliphatic heterocycles. The van der Waals surface area contributed by atoms with Gasteiger partial charge in [0.05, 0.1) is 17.6 Å². The highest BCUT2D eigenvalue weighted by Crippen LogP contribution is 2.29. The zero-order valence-electron chi connectivity index (χ0n) is 15.5. The van der Waals surface area contributed by atoms with Gasteiger partial charge in [-0.15, -0.1) is 0 Å². The third-order valence-corrected chi connectivity index (χ3v) is 4.62. The molecule has 2 amide bonds. The molecule has 0 saturated carbocycles. The Morgan fingerprint density at radius 2 is 2.00 bits per heavy atom. The number of imidazole rings is 1. The number of benzene rings is 1. The topological polar surface area (TPSA) is 97.9 Å². The average molecular weight is 354 g/mol. The van der Waals surface area contributed by atoms with E-state index in [0.29, 0.717) is 30.3 Å². The van der Waals surface area contributed by atoms with E-state index in [9.17, 15) is 4.79 Å². The van der Waals surface area contributed by atoms with Gasteiger partial charge in [0.1, 0.15) is 11.3 Å². The first-order chi connectivity index (χ1) is 12.5. The molecular weight excluding hydrogens is 328 g/mol. The van der Waals surface area contributed by atoms with Crippen LogP contribution in [0.1, 0.15) is 33.0 Å². The second kappa shape index (κ2) is 7.59. The molecule has 0 bridgehead atoms. The number of urea groups is 1. The van der Waals surface area contributed by atoms with Gasteiger partial charge in [-0.2, -0.15) is 0 Å². The lowest BCUT2D eigenvalue weighted by atomic mass is 10.1. The van der Waals surface area contributed by atoms with Gasteiger partial charge < -0.3 is 20.9 Å². The third-order valence-electron chi connectivity index (χ3n) is 4.62. The zero-order chi connectivity index (χ0) is 18.7. The summed E-state index contributed by atoms with van der Waals surface area (Å²) in [5.41, 5.74) is 8.72. The second-order valence-corrected chi connectivity index (χ2v) is 6.58. The highest BCUT2D eigenvalue weighted by Gasteiger charge is 2.18. The van der Waals surface area contributed by atoms with Crippen LogP contribution in [-0.2, 0) is 13.1 Å². The number of carbonyl (C=O) groups is 1. The van der Waals surface area contributed by atoms with Crippen molar-refractivity contribution in [3.8, 4) is 0 Å². The molecule has 138 valence electrons. The van der Waals surface area contributed by atoms with Crippen LogP contribution in [0.2, 0.25) is 0 Å². The third kappa shape index (κ3) is 3.42. The first kappa shape index (κ1) is 18.0. The van der Waals surface area contributed by atoms with Crippen molar-refractivity contribution < 1.29 is 4.79 Å². The van der Waals surface area contributed by atoms with Crippen molar-refractivity contribution in [3.05, 3.63) is 30.1 Å². The highest BCUT2D eigenvalue weighted by atomic mass is 16.2. The molecule has 2 heterocycles. The predicted octanol–water partition coefficient (Wildman–Crippen LogP) is 3.03. The molecule has 1 aromatic carbocycles. The predicted molar refractivity (Wildman–Crippen MR) is 105 cm³/mol. The molecule has 1 atom stereocenters. The zero-order valence-corrected chi connectivity index (χ0v) is 15.5. The van der Waals surface area contributed by atoms with Crippen LogP contribution in [-0.4, -0.2) is 27.1 Å². The molecule has 3 aromatic rings. The Morgan fingerprint density at radius 3 is 2.73 bits per heavy atom. The minimum atomic E-state index is -0.203. The van der Waals surface area contributed by atoms with Gasteiger partial charge in [-0.05, 0) is 18.9 Å². The van der Waals surface area contributed by atoms with Crippen LogP contribution >= 0.6 is 0 Å². The van der Waals surface area contributed by atoms with E-state index in [0.717, 1.165) is 35.2 Å². The summed E-state index contributed by atoms with van der Waals surface area (Å²) in [5.74, 6) is 1.68. The van der Waals surface area contributed by atoms with Gasteiger partial charge in [-0.3, -0.25) is 0 Å². The van der Waals surface area contributed by atoms with E-state index >= 15 is 0 Å². The van der Waals surface area contributed by atoms with Crippen molar-refractivity contribution in [3.63, 3.8) is 0 Å². The summed E-state index contributed by atoms with van der Waals surface area (Å²) in [4.78, 5) is 21.0. The number of nitrogens with one attached hydrogen (secondary N) is 2. The van der Waals surface area contributed by atoms with Crippen molar-refractivity contribution in [2.75, 3.05) is 12.3 Å². The lowest BCUT2D eigenvalue weighted by Gasteiger charge is -2.15. The van der Waals surface area contributed by atoms with Crippen molar-refractivity contribution >= 4 is 33.8 Å². The van der Waals surface area contributed by atoms with E-state index in [1.54, 1.807) is 0 Å². The molecule has 3 rings (SSSR count). The molecule has 0 aliphatic rings. The maximum atomic E-state index is 11.8. The fourth-order valence-corrected chi connectivity index (χ4v) is 3.06. The quantitative estimate of drug-likeness (QED) is 0.634. The van der Waals surface area contributed by atoms with Gasteiger partial charge in [-0.25, -0.2) is 14.8 Å². The van der Waals surface area contributed by atoms with E-state index in [2.05, 4.69) is 34.0 Å². The standard InChI is InChI=1S/C19H26N6O/c1-4-12(3)11-25-15(10-22-19(26)21-5-2)24-16-17(25)13-8-6-7-9-14(13)23-18(16)20/h6-9,12H,4-5,10-11H2,1-3H3,(H2,20,23)(H2,21,22,26). The summed E-state index contributed by atoms with van der Waals surface area (Å²) < 4.78 is 2.18. The number of nitrogens with zero attached hydrogens (tertiary/aromatic N) is 3. The number of nitrogens with two attached hydrogens (primary N) is 1. The second-order valence-electron chi connectivity index (χ2n) is 6.58. The monoisotopic (exact) mass is 354 g/mol. The number of fused-ring (bicyclic) bond motifs is 3. The molecule has 0 spiro atoms. The number of nitrogen functional groups attached to an aromatic ring is 1. The van der Waals surface area contributed by atoms with Crippen LogP contribution in [0.4, 0.5) is 10.6 Å². The fourth-order valence-electron chi connectivity index (χ4n) is 3.06. The fraction of sp³-hybridized carbons (Fsp3) is 0.421. The average Bonchev–Trinajstić information content (AvgIpc) is 2.99. The molecule has 0 radical (unpaired) electrons. The first-order valence-corrected chi connectivity index (χ1v) is 9.10. The number of amides is 2. The number of para-hydroxylation sites is 1. The van der Waals surface area contributed by atoms with Crippen molar-refractivity contribution in [2.24, 2.45) is 5.92 Å². The Morgan fingerprint density at radius 1 is 1.23 bits per heavy atom. The van der Waals surface area contributed by atoms with E-state index in [1.165, 1.54) is 0 Å². The number of hydrogen-bond donors (Lipinski definition) is 3. The summed E-state index contributed by atoms with van der Waals surface area (Å²) in [6, 6.07) is 7.74.